The second kappa shape index (κ2) is 9.95. The van der Waals surface area contributed by atoms with Gasteiger partial charge in [-0.1, -0.05) is 25.7 Å². The van der Waals surface area contributed by atoms with Crippen molar-refractivity contribution >= 4 is 22.6 Å². The lowest BCUT2D eigenvalue weighted by molar-refractivity contribution is -0.123. The Morgan fingerprint density at radius 3 is 2.63 bits per heavy atom. The molecule has 1 aliphatic carbocycles. The first-order valence-corrected chi connectivity index (χ1v) is 12.2. The molecule has 10 nitrogen and oxygen atoms in total. The van der Waals surface area contributed by atoms with E-state index in [1.807, 2.05) is 19.4 Å². The average molecular weight is 529 g/mol. The van der Waals surface area contributed by atoms with Gasteiger partial charge in [0, 0.05) is 25.5 Å². The fraction of sp³-hybridized carbons (Fsp3) is 0.400. The molecule has 4 aromatic rings. The van der Waals surface area contributed by atoms with Crippen LogP contribution in [0.4, 0.5) is 19.0 Å². The van der Waals surface area contributed by atoms with Crippen LogP contribution in [0.25, 0.3) is 28.0 Å². The van der Waals surface area contributed by atoms with Crippen molar-refractivity contribution in [2.75, 3.05) is 25.5 Å². The predicted molar refractivity (Wildman–Crippen MR) is 134 cm³/mol. The maximum Gasteiger partial charge on any atom is 0.405 e. The summed E-state index contributed by atoms with van der Waals surface area (Å²) in [6.07, 6.45) is 2.32. The molecular formula is C25H27F3N8O2. The third-order valence-corrected chi connectivity index (χ3v) is 6.72. The lowest BCUT2D eigenvalue weighted by Crippen LogP contribution is -2.35. The number of alkyl halides is 3. The monoisotopic (exact) mass is 528 g/mol. The van der Waals surface area contributed by atoms with Gasteiger partial charge in [0.05, 0.1) is 28.7 Å². The third kappa shape index (κ3) is 5.13. The number of phenolic OH excluding ortho intramolecular Hbond substituents is 1. The summed E-state index contributed by atoms with van der Waals surface area (Å²) in [5.41, 5.74) is 2.10. The number of halogens is 3. The lowest BCUT2D eigenvalue weighted by Gasteiger charge is -2.15. The number of anilines is 1. The second-order valence-corrected chi connectivity index (χ2v) is 9.69. The molecule has 0 atom stereocenters. The van der Waals surface area contributed by atoms with Crippen LogP contribution < -0.4 is 10.2 Å². The number of hydrogen-bond donors (Lipinski definition) is 3. The molecule has 5 rings (SSSR count). The summed E-state index contributed by atoms with van der Waals surface area (Å²) < 4.78 is 39.6. The number of nitrogens with zero attached hydrogens (tertiary/aromatic N) is 6. The van der Waals surface area contributed by atoms with Crippen LogP contribution in [-0.2, 0) is 6.42 Å². The smallest absolute Gasteiger partial charge is 0.405 e. The van der Waals surface area contributed by atoms with Gasteiger partial charge < -0.3 is 15.3 Å². The van der Waals surface area contributed by atoms with Crippen molar-refractivity contribution < 1.29 is 23.1 Å². The molecule has 3 aromatic heterocycles. The minimum absolute atomic E-state index is 0.0778. The molecule has 200 valence electrons. The van der Waals surface area contributed by atoms with Gasteiger partial charge in [-0.25, -0.2) is 4.98 Å². The number of aromatic amines is 1. The van der Waals surface area contributed by atoms with Crippen LogP contribution in [-0.4, -0.2) is 67.8 Å². The van der Waals surface area contributed by atoms with Gasteiger partial charge in [0.15, 0.2) is 5.82 Å². The standard InChI is InChI=1S/C25H27F3N8O2/c1-35(2)21-8-7-15(12-29-21)36-22(33-34-23(36)24(38)30-13-25(26,27)28)17-10-16-18(9-14-5-3-4-6-14)31-32-19(16)11-20(17)37/h7-8,10-12,14,37H,3-6,9,13H2,1-2H3,(H,30,38)(H,31,32). The number of fused-ring (bicyclic) bond motifs is 1. The molecular weight excluding hydrogens is 501 g/mol. The van der Waals surface area contributed by atoms with E-state index in [9.17, 15) is 23.1 Å². The summed E-state index contributed by atoms with van der Waals surface area (Å²) in [5, 5.41) is 29.0. The van der Waals surface area contributed by atoms with Crippen LogP contribution in [0.15, 0.2) is 30.5 Å². The largest absolute Gasteiger partial charge is 0.507 e. The Morgan fingerprint density at radius 1 is 1.21 bits per heavy atom. The van der Waals surface area contributed by atoms with Gasteiger partial charge in [-0.2, -0.15) is 18.3 Å². The Hall–Kier alpha value is -4.16. The molecule has 0 radical (unpaired) electrons. The van der Waals surface area contributed by atoms with Crippen molar-refractivity contribution in [1.82, 2.24) is 35.3 Å². The highest BCUT2D eigenvalue weighted by atomic mass is 19.4. The first-order valence-electron chi connectivity index (χ1n) is 12.2. The topological polar surface area (TPSA) is 125 Å². The van der Waals surface area contributed by atoms with Crippen LogP contribution in [0.3, 0.4) is 0 Å². The quantitative estimate of drug-likeness (QED) is 0.331. The zero-order valence-corrected chi connectivity index (χ0v) is 20.9. The van der Waals surface area contributed by atoms with Crippen molar-refractivity contribution in [3.63, 3.8) is 0 Å². The number of nitrogens with one attached hydrogen (secondary N) is 2. The summed E-state index contributed by atoms with van der Waals surface area (Å²) in [4.78, 5) is 18.9. The maximum atomic E-state index is 12.8. The van der Waals surface area contributed by atoms with Gasteiger partial charge >= 0.3 is 6.18 Å². The maximum absolute atomic E-state index is 12.8. The number of aromatic nitrogens is 6. The summed E-state index contributed by atoms with van der Waals surface area (Å²) in [7, 11) is 3.62. The van der Waals surface area contributed by atoms with Crippen molar-refractivity contribution in [2.24, 2.45) is 5.92 Å². The number of pyridine rings is 1. The van der Waals surface area contributed by atoms with E-state index < -0.39 is 18.6 Å². The zero-order chi connectivity index (χ0) is 27.0. The van der Waals surface area contributed by atoms with E-state index >= 15 is 0 Å². The number of rotatable bonds is 7. The summed E-state index contributed by atoms with van der Waals surface area (Å²) in [6.45, 7) is -1.53. The third-order valence-electron chi connectivity index (χ3n) is 6.72. The highest BCUT2D eigenvalue weighted by molar-refractivity contribution is 5.93. The van der Waals surface area contributed by atoms with E-state index in [4.69, 9.17) is 0 Å². The molecule has 1 amide bonds. The molecule has 0 aliphatic heterocycles. The Balaban J connectivity index is 1.60. The fourth-order valence-electron chi connectivity index (χ4n) is 4.82. The predicted octanol–water partition coefficient (Wildman–Crippen LogP) is 4.00. The van der Waals surface area contributed by atoms with E-state index in [1.54, 1.807) is 23.1 Å². The molecule has 0 saturated heterocycles. The van der Waals surface area contributed by atoms with Gasteiger partial charge in [-0.15, -0.1) is 10.2 Å². The highest BCUT2D eigenvalue weighted by Gasteiger charge is 2.30. The normalized spacial score (nSPS) is 14.3. The second-order valence-electron chi connectivity index (χ2n) is 9.69. The SMILES string of the molecule is CN(C)c1ccc(-n2c(C(=O)NCC(F)(F)F)nnc2-c2cc3c(CC4CCCC4)n[nH]c3cc2O)cn1. The van der Waals surface area contributed by atoms with Crippen molar-refractivity contribution in [3.05, 3.63) is 42.0 Å². The molecule has 3 N–H and O–H groups in total. The molecule has 38 heavy (non-hydrogen) atoms. The Kier molecular flexibility index (Phi) is 6.67. The van der Waals surface area contributed by atoms with E-state index in [1.165, 1.54) is 29.7 Å². The molecule has 0 spiro atoms. The number of carbonyl (C=O) groups is 1. The van der Waals surface area contributed by atoms with E-state index in [2.05, 4.69) is 25.4 Å². The van der Waals surface area contributed by atoms with Gasteiger partial charge in [0.1, 0.15) is 18.1 Å². The minimum atomic E-state index is -4.60. The highest BCUT2D eigenvalue weighted by Crippen LogP contribution is 2.36. The van der Waals surface area contributed by atoms with Crippen molar-refractivity contribution in [2.45, 2.75) is 38.3 Å². The molecule has 1 aliphatic rings. The van der Waals surface area contributed by atoms with Crippen LogP contribution in [0.2, 0.25) is 0 Å². The van der Waals surface area contributed by atoms with E-state index in [0.29, 0.717) is 22.9 Å². The molecule has 0 bridgehead atoms. The number of H-pyrrole nitrogens is 1. The molecule has 1 saturated carbocycles. The van der Waals surface area contributed by atoms with Crippen LogP contribution >= 0.6 is 0 Å². The lowest BCUT2D eigenvalue weighted by atomic mass is 9.99. The van der Waals surface area contributed by atoms with E-state index in [-0.39, 0.29) is 23.0 Å². The first-order chi connectivity index (χ1) is 18.1. The van der Waals surface area contributed by atoms with E-state index in [0.717, 1.165) is 30.3 Å². The van der Waals surface area contributed by atoms with Gasteiger partial charge in [0.25, 0.3) is 5.91 Å². The number of carbonyl (C=O) groups excluding carboxylic acids is 1. The van der Waals surface area contributed by atoms with Crippen LogP contribution in [0.1, 0.15) is 42.0 Å². The van der Waals surface area contributed by atoms with Crippen LogP contribution in [0.5, 0.6) is 5.75 Å². The first kappa shape index (κ1) is 25.5. The van der Waals surface area contributed by atoms with Gasteiger partial charge in [-0.3, -0.25) is 14.5 Å². The van der Waals surface area contributed by atoms with Crippen molar-refractivity contribution in [1.29, 1.82) is 0 Å². The molecule has 1 fully saturated rings. The molecule has 13 heteroatoms. The van der Waals surface area contributed by atoms with Crippen molar-refractivity contribution in [3.8, 4) is 22.8 Å². The van der Waals surface area contributed by atoms with Gasteiger partial charge in [-0.05, 0) is 30.5 Å². The molecule has 1 aromatic carbocycles. The number of benzene rings is 1. The summed E-state index contributed by atoms with van der Waals surface area (Å²) in [5.74, 6) is -0.348. The Labute approximate surface area is 215 Å². The Bertz CT molecular complexity index is 1450. The minimum Gasteiger partial charge on any atom is -0.507 e. The molecule has 0 unspecified atom stereocenters. The number of aromatic hydroxyl groups is 1. The Morgan fingerprint density at radius 2 is 1.97 bits per heavy atom. The number of hydrogen-bond acceptors (Lipinski definition) is 7. The summed E-state index contributed by atoms with van der Waals surface area (Å²) in [6, 6.07) is 6.58. The zero-order valence-electron chi connectivity index (χ0n) is 20.9. The molecule has 3 heterocycles. The number of amides is 1. The average Bonchev–Trinajstić information content (AvgIpc) is 3.62. The fourth-order valence-corrected chi connectivity index (χ4v) is 4.82. The van der Waals surface area contributed by atoms with Gasteiger partial charge in [0.2, 0.25) is 5.82 Å². The number of phenols is 1. The summed E-state index contributed by atoms with van der Waals surface area (Å²) >= 11 is 0. The van der Waals surface area contributed by atoms with Crippen LogP contribution in [0, 0.1) is 5.92 Å².